The van der Waals surface area contributed by atoms with E-state index in [-0.39, 0.29) is 23.8 Å². The highest BCUT2D eigenvalue weighted by Gasteiger charge is 2.34. The topological polar surface area (TPSA) is 113 Å². The van der Waals surface area contributed by atoms with E-state index >= 15 is 0 Å². The fraction of sp³-hybridized carbons (Fsp3) is 0.370. The van der Waals surface area contributed by atoms with E-state index in [4.69, 9.17) is 10.00 Å². The predicted octanol–water partition coefficient (Wildman–Crippen LogP) is 2.92. The van der Waals surface area contributed by atoms with Crippen LogP contribution in [-0.4, -0.2) is 50.7 Å². The Bertz CT molecular complexity index is 1390. The van der Waals surface area contributed by atoms with Crippen LogP contribution < -0.4 is 5.32 Å². The van der Waals surface area contributed by atoms with Crippen molar-refractivity contribution < 1.29 is 14.3 Å². The van der Waals surface area contributed by atoms with E-state index < -0.39 is 0 Å². The monoisotopic (exact) mass is 484 g/mol. The Morgan fingerprint density at radius 2 is 2.14 bits per heavy atom. The molecule has 36 heavy (non-hydrogen) atoms. The van der Waals surface area contributed by atoms with Crippen molar-refractivity contribution in [2.75, 3.05) is 13.1 Å². The number of esters is 1. The van der Waals surface area contributed by atoms with Crippen LogP contribution in [0, 0.1) is 25.2 Å². The molecule has 2 unspecified atom stereocenters. The molecule has 9 heteroatoms. The zero-order valence-electron chi connectivity index (χ0n) is 20.6. The Morgan fingerprint density at radius 3 is 2.89 bits per heavy atom. The van der Waals surface area contributed by atoms with Gasteiger partial charge in [0.2, 0.25) is 5.91 Å². The number of benzene rings is 1. The average Bonchev–Trinajstić information content (AvgIpc) is 3.47. The molecule has 5 rings (SSSR count). The van der Waals surface area contributed by atoms with Gasteiger partial charge in [-0.15, -0.1) is 0 Å². The summed E-state index contributed by atoms with van der Waals surface area (Å²) in [6, 6.07) is 7.88. The number of cyclic esters (lactones) is 1. The van der Waals surface area contributed by atoms with Gasteiger partial charge in [-0.1, -0.05) is 6.07 Å². The number of piperidine rings is 1. The van der Waals surface area contributed by atoms with E-state index in [2.05, 4.69) is 26.4 Å². The molecule has 1 aromatic carbocycles. The number of carbonyl (C=O) groups excluding carboxylic acids is 2. The number of nitrogens with one attached hydrogen (secondary N) is 1. The van der Waals surface area contributed by atoms with Crippen LogP contribution >= 0.6 is 0 Å². The molecule has 0 spiro atoms. The number of nitrogens with zero attached hydrogens (tertiary/aromatic N) is 5. The first-order valence-corrected chi connectivity index (χ1v) is 12.0. The molecule has 2 aliphatic rings. The van der Waals surface area contributed by atoms with Gasteiger partial charge < -0.3 is 10.1 Å². The van der Waals surface area contributed by atoms with E-state index in [1.165, 1.54) is 0 Å². The third-order valence-corrected chi connectivity index (χ3v) is 7.19. The van der Waals surface area contributed by atoms with Gasteiger partial charge in [-0.3, -0.25) is 9.69 Å². The molecule has 2 aromatic heterocycles. The Labute approximate surface area is 209 Å². The molecule has 0 saturated carbocycles. The van der Waals surface area contributed by atoms with E-state index in [9.17, 15) is 9.59 Å². The predicted molar refractivity (Wildman–Crippen MR) is 131 cm³/mol. The van der Waals surface area contributed by atoms with Crippen molar-refractivity contribution in [3.8, 4) is 11.9 Å². The number of aryl methyl sites for hydroxylation is 1. The van der Waals surface area contributed by atoms with Crippen LogP contribution in [0.4, 0.5) is 0 Å². The van der Waals surface area contributed by atoms with Gasteiger partial charge in [0.25, 0.3) is 0 Å². The van der Waals surface area contributed by atoms with Crippen molar-refractivity contribution in [3.05, 3.63) is 75.7 Å². The van der Waals surface area contributed by atoms with Gasteiger partial charge in [0.15, 0.2) is 5.82 Å². The lowest BCUT2D eigenvalue weighted by Crippen LogP contribution is -2.49. The van der Waals surface area contributed by atoms with E-state index in [1.807, 2.05) is 44.4 Å². The molecule has 1 N–H and O–H groups in total. The number of rotatable bonds is 5. The maximum atomic E-state index is 12.0. The molecule has 0 bridgehead atoms. The fourth-order valence-electron chi connectivity index (χ4n) is 5.29. The summed E-state index contributed by atoms with van der Waals surface area (Å²) in [5.74, 6) is 0.446. The highest BCUT2D eigenvalue weighted by atomic mass is 16.5. The van der Waals surface area contributed by atoms with Crippen molar-refractivity contribution in [1.29, 1.82) is 5.26 Å². The average molecular weight is 485 g/mol. The number of hydrogen-bond donors (Lipinski definition) is 1. The highest BCUT2D eigenvalue weighted by molar-refractivity contribution is 5.94. The second-order valence-electron chi connectivity index (χ2n) is 9.58. The van der Waals surface area contributed by atoms with Crippen molar-refractivity contribution in [1.82, 2.24) is 25.0 Å². The molecule has 0 radical (unpaired) electrons. The number of likely N-dealkylation sites (tertiary alicyclic amines) is 1. The molecule has 0 aliphatic carbocycles. The molecule has 3 aromatic rings. The second kappa shape index (κ2) is 9.55. The van der Waals surface area contributed by atoms with Gasteiger partial charge in [0.1, 0.15) is 12.7 Å². The van der Waals surface area contributed by atoms with Gasteiger partial charge in [0.05, 0.1) is 17.3 Å². The molecule has 9 nitrogen and oxygen atoms in total. The van der Waals surface area contributed by atoms with Gasteiger partial charge in [-0.25, -0.2) is 14.5 Å². The Balaban J connectivity index is 1.37. The maximum absolute atomic E-state index is 12.0. The van der Waals surface area contributed by atoms with Crippen LogP contribution in [0.25, 0.3) is 5.82 Å². The summed E-state index contributed by atoms with van der Waals surface area (Å²) in [6.07, 6.45) is 6.20. The number of amides is 1. The normalized spacial score (nSPS) is 19.4. The molecule has 184 valence electrons. The standard InChI is InChI=1S/C27H28N6O3/c1-16-8-26(29-11-20(16)9-28)33-13-19(10-30-33)12-32-7-6-25(31-18(3)34)23(14-32)21-4-5-22-24(17(21)2)15-36-27(22)35/h4-5,8,10-11,13,23,25H,6-7,12,14-15H2,1-3H3,(H,31,34). The molecule has 1 saturated heterocycles. The molecule has 1 amide bonds. The Hall–Kier alpha value is -4.03. The van der Waals surface area contributed by atoms with Crippen LogP contribution in [0.1, 0.15) is 63.0 Å². The first-order valence-electron chi connectivity index (χ1n) is 12.0. The smallest absolute Gasteiger partial charge is 0.338 e. The Morgan fingerprint density at radius 1 is 1.31 bits per heavy atom. The van der Waals surface area contributed by atoms with Gasteiger partial charge in [-0.05, 0) is 49.1 Å². The van der Waals surface area contributed by atoms with Crippen LogP contribution in [0.3, 0.4) is 0 Å². The van der Waals surface area contributed by atoms with Crippen LogP contribution in [0.15, 0.2) is 36.8 Å². The van der Waals surface area contributed by atoms with Crippen molar-refractivity contribution in [2.45, 2.75) is 52.3 Å². The molecule has 2 atom stereocenters. The number of pyridine rings is 1. The SMILES string of the molecule is CC(=O)NC1CCN(Cc2cnn(-c3cc(C)c(C#N)cn3)c2)CC1c1ccc2c(c1C)COC2=O. The highest BCUT2D eigenvalue weighted by Crippen LogP contribution is 2.35. The third-order valence-electron chi connectivity index (χ3n) is 7.19. The van der Waals surface area contributed by atoms with Crippen LogP contribution in [0.5, 0.6) is 0 Å². The largest absolute Gasteiger partial charge is 0.457 e. The van der Waals surface area contributed by atoms with Gasteiger partial charge >= 0.3 is 5.97 Å². The number of carbonyl (C=O) groups is 2. The summed E-state index contributed by atoms with van der Waals surface area (Å²) >= 11 is 0. The summed E-state index contributed by atoms with van der Waals surface area (Å²) in [7, 11) is 0. The van der Waals surface area contributed by atoms with Gasteiger partial charge in [0, 0.05) is 62.0 Å². The van der Waals surface area contributed by atoms with Gasteiger partial charge in [-0.2, -0.15) is 10.4 Å². The molecular formula is C27H28N6O3. The van der Waals surface area contributed by atoms with Crippen LogP contribution in [-0.2, 0) is 22.7 Å². The Kier molecular flexibility index (Phi) is 6.29. The quantitative estimate of drug-likeness (QED) is 0.554. The van der Waals surface area contributed by atoms with Crippen molar-refractivity contribution >= 4 is 11.9 Å². The maximum Gasteiger partial charge on any atom is 0.338 e. The first-order chi connectivity index (χ1) is 17.3. The first kappa shape index (κ1) is 23.7. The fourth-order valence-corrected chi connectivity index (χ4v) is 5.29. The van der Waals surface area contributed by atoms with E-state index in [0.29, 0.717) is 30.1 Å². The lowest BCUT2D eigenvalue weighted by atomic mass is 9.81. The number of fused-ring (bicyclic) bond motifs is 1. The van der Waals surface area contributed by atoms with Crippen molar-refractivity contribution in [2.24, 2.45) is 0 Å². The molecule has 2 aliphatic heterocycles. The minimum Gasteiger partial charge on any atom is -0.457 e. The molecular weight excluding hydrogens is 456 g/mol. The molecule has 4 heterocycles. The van der Waals surface area contributed by atoms with Crippen LogP contribution in [0.2, 0.25) is 0 Å². The molecule has 1 fully saturated rings. The van der Waals surface area contributed by atoms with Crippen molar-refractivity contribution in [3.63, 3.8) is 0 Å². The van der Waals surface area contributed by atoms with E-state index in [1.54, 1.807) is 17.8 Å². The number of nitriles is 1. The zero-order valence-corrected chi connectivity index (χ0v) is 20.6. The minimum absolute atomic E-state index is 0.0158. The summed E-state index contributed by atoms with van der Waals surface area (Å²) in [4.78, 5) is 30.7. The lowest BCUT2D eigenvalue weighted by Gasteiger charge is -2.39. The lowest BCUT2D eigenvalue weighted by molar-refractivity contribution is -0.120. The number of hydrogen-bond acceptors (Lipinski definition) is 7. The summed E-state index contributed by atoms with van der Waals surface area (Å²) in [6.45, 7) is 8.10. The zero-order chi connectivity index (χ0) is 25.4. The summed E-state index contributed by atoms with van der Waals surface area (Å²) in [5, 5.41) is 16.8. The minimum atomic E-state index is -0.271. The van der Waals surface area contributed by atoms with E-state index in [0.717, 1.165) is 47.3 Å². The number of aromatic nitrogens is 3. The second-order valence-corrected chi connectivity index (χ2v) is 9.58. The third kappa shape index (κ3) is 4.48. The summed E-state index contributed by atoms with van der Waals surface area (Å²) in [5.41, 5.74) is 6.26. The number of ether oxygens (including phenoxy) is 1. The summed E-state index contributed by atoms with van der Waals surface area (Å²) < 4.78 is 6.98.